The molecule has 0 spiro atoms. The molecule has 7 aromatic carbocycles. The molecule has 3 aromatic heterocycles. The molecular formula is C52H41N5. The summed E-state index contributed by atoms with van der Waals surface area (Å²) < 4.78 is 4.69. The van der Waals surface area contributed by atoms with Gasteiger partial charge in [0.2, 0.25) is 5.95 Å². The van der Waals surface area contributed by atoms with Crippen LogP contribution >= 0.6 is 0 Å². The third-order valence-electron chi connectivity index (χ3n) is 12.1. The Labute approximate surface area is 331 Å². The molecule has 0 atom stereocenters. The van der Waals surface area contributed by atoms with Gasteiger partial charge in [0, 0.05) is 38.4 Å². The van der Waals surface area contributed by atoms with Gasteiger partial charge in [-0.1, -0.05) is 167 Å². The number of rotatable bonds is 5. The quantitative estimate of drug-likeness (QED) is 0.177. The highest BCUT2D eigenvalue weighted by Gasteiger charge is 2.43. The Balaban J connectivity index is 1.20. The molecule has 0 saturated carbocycles. The summed E-state index contributed by atoms with van der Waals surface area (Å²) in [5.41, 5.74) is 13.1. The molecule has 0 saturated heterocycles. The first-order valence-electron chi connectivity index (χ1n) is 19.8. The second-order valence-corrected chi connectivity index (χ2v) is 16.8. The van der Waals surface area contributed by atoms with Gasteiger partial charge in [0.15, 0.2) is 11.6 Å². The second kappa shape index (κ2) is 12.3. The first-order chi connectivity index (χ1) is 27.8. The summed E-state index contributed by atoms with van der Waals surface area (Å²) >= 11 is 0. The maximum Gasteiger partial charge on any atom is 0.238 e. The average molecular weight is 736 g/mol. The average Bonchev–Trinajstić information content (AvgIpc) is 3.83. The summed E-state index contributed by atoms with van der Waals surface area (Å²) in [6.07, 6.45) is 1.14. The molecule has 5 nitrogen and oxygen atoms in total. The fourth-order valence-corrected chi connectivity index (χ4v) is 10.0. The van der Waals surface area contributed by atoms with Crippen LogP contribution in [-0.2, 0) is 10.8 Å². The molecule has 0 fully saturated rings. The lowest BCUT2D eigenvalue weighted by Gasteiger charge is -2.23. The van der Waals surface area contributed by atoms with Crippen LogP contribution in [0.5, 0.6) is 0 Å². The molecule has 0 unspecified atom stereocenters. The summed E-state index contributed by atoms with van der Waals surface area (Å²) in [5, 5.41) is 4.67. The van der Waals surface area contributed by atoms with Crippen molar-refractivity contribution in [1.82, 2.24) is 24.1 Å². The lowest BCUT2D eigenvalue weighted by Crippen LogP contribution is -2.18. The summed E-state index contributed by atoms with van der Waals surface area (Å²) in [7, 11) is 0. The summed E-state index contributed by atoms with van der Waals surface area (Å²) in [6, 6.07) is 58.4. The van der Waals surface area contributed by atoms with E-state index in [1.165, 1.54) is 33.0 Å². The lowest BCUT2D eigenvalue weighted by atomic mass is 9.80. The molecule has 10 aromatic rings. The van der Waals surface area contributed by atoms with Crippen molar-refractivity contribution >= 4 is 43.6 Å². The number of hydrogen-bond acceptors (Lipinski definition) is 3. The zero-order chi connectivity index (χ0) is 38.5. The van der Waals surface area contributed by atoms with Crippen molar-refractivity contribution in [3.63, 3.8) is 0 Å². The second-order valence-electron chi connectivity index (χ2n) is 16.8. The molecule has 0 radical (unpaired) electrons. The van der Waals surface area contributed by atoms with Crippen molar-refractivity contribution in [2.24, 2.45) is 0 Å². The zero-order valence-electron chi connectivity index (χ0n) is 32.5. The predicted molar refractivity (Wildman–Crippen MR) is 235 cm³/mol. The van der Waals surface area contributed by atoms with E-state index in [1.807, 2.05) is 36.4 Å². The van der Waals surface area contributed by atoms with Crippen LogP contribution in [0.2, 0.25) is 0 Å². The van der Waals surface area contributed by atoms with E-state index in [1.54, 1.807) is 0 Å². The minimum atomic E-state index is 0.0930. The van der Waals surface area contributed by atoms with Crippen molar-refractivity contribution in [2.45, 2.75) is 44.9 Å². The molecule has 57 heavy (non-hydrogen) atoms. The normalized spacial score (nSPS) is 14.5. The summed E-state index contributed by atoms with van der Waals surface area (Å²) in [5.74, 6) is 1.84. The van der Waals surface area contributed by atoms with E-state index in [4.69, 9.17) is 15.0 Å². The van der Waals surface area contributed by atoms with E-state index >= 15 is 0 Å². The SMILES string of the molecule is CC1(C)CC(C)(C)c2c(-c3ccc(-n4c5ccccc5c5ccc6c7ccccc7n(-c7nc(-c8ccccc8)nc(-c8ccccc8)n7)c6c54)cc3)cccc21. The maximum absolute atomic E-state index is 5.26. The van der Waals surface area contributed by atoms with E-state index in [-0.39, 0.29) is 10.8 Å². The molecule has 11 rings (SSSR count). The van der Waals surface area contributed by atoms with Gasteiger partial charge in [0.1, 0.15) is 0 Å². The van der Waals surface area contributed by atoms with Gasteiger partial charge in [-0.05, 0) is 63.8 Å². The number of para-hydroxylation sites is 2. The number of aromatic nitrogens is 5. The first kappa shape index (κ1) is 33.5. The van der Waals surface area contributed by atoms with E-state index in [0.717, 1.165) is 56.1 Å². The molecular weight excluding hydrogens is 695 g/mol. The number of fused-ring (bicyclic) bond motifs is 8. The van der Waals surface area contributed by atoms with Crippen LogP contribution in [0.3, 0.4) is 0 Å². The van der Waals surface area contributed by atoms with Crippen molar-refractivity contribution in [3.05, 3.63) is 175 Å². The molecule has 5 heteroatoms. The van der Waals surface area contributed by atoms with Crippen molar-refractivity contribution in [3.8, 4) is 45.5 Å². The Morgan fingerprint density at radius 2 is 0.947 bits per heavy atom. The smallest absolute Gasteiger partial charge is 0.238 e. The molecule has 1 aliphatic carbocycles. The molecule has 0 amide bonds. The van der Waals surface area contributed by atoms with Gasteiger partial charge in [-0.25, -0.2) is 4.98 Å². The maximum atomic E-state index is 5.26. The lowest BCUT2D eigenvalue weighted by molar-refractivity contribution is 0.403. The summed E-state index contributed by atoms with van der Waals surface area (Å²) in [4.78, 5) is 15.6. The molecule has 0 N–H and O–H groups in total. The minimum absolute atomic E-state index is 0.0930. The van der Waals surface area contributed by atoms with Gasteiger partial charge in [0.05, 0.1) is 22.1 Å². The van der Waals surface area contributed by atoms with Crippen LogP contribution in [0.15, 0.2) is 164 Å². The van der Waals surface area contributed by atoms with E-state index < -0.39 is 0 Å². The van der Waals surface area contributed by atoms with Gasteiger partial charge in [-0.3, -0.25) is 4.57 Å². The monoisotopic (exact) mass is 735 g/mol. The van der Waals surface area contributed by atoms with Crippen LogP contribution in [0, 0.1) is 0 Å². The Hall–Kier alpha value is -6.85. The third-order valence-corrected chi connectivity index (χ3v) is 12.1. The van der Waals surface area contributed by atoms with E-state index in [2.05, 4.69) is 164 Å². The fourth-order valence-electron chi connectivity index (χ4n) is 10.0. The molecule has 274 valence electrons. The van der Waals surface area contributed by atoms with Crippen LogP contribution in [0.25, 0.3) is 89.2 Å². The fraction of sp³-hybridized carbons (Fsp3) is 0.135. The van der Waals surface area contributed by atoms with E-state index in [9.17, 15) is 0 Å². The van der Waals surface area contributed by atoms with Gasteiger partial charge >= 0.3 is 0 Å². The topological polar surface area (TPSA) is 48.5 Å². The first-order valence-corrected chi connectivity index (χ1v) is 19.8. The summed E-state index contributed by atoms with van der Waals surface area (Å²) in [6.45, 7) is 9.58. The molecule has 0 aliphatic heterocycles. The van der Waals surface area contributed by atoms with Gasteiger partial charge < -0.3 is 4.57 Å². The molecule has 1 aliphatic rings. The standard InChI is InChI=1S/C52H41N5/c1-51(2)32-52(3,4)45-37(22-15-23-42(45)51)33-26-28-36(29-27-33)56-43-24-13-11-20-38(43)40-30-31-41-39-21-12-14-25-44(39)57(47(41)46(40)56)50-54-48(34-16-7-5-8-17-34)53-49(55-50)35-18-9-6-10-19-35/h5-31H,32H2,1-4H3. The van der Waals surface area contributed by atoms with Crippen LogP contribution < -0.4 is 0 Å². The highest BCUT2D eigenvalue weighted by molar-refractivity contribution is 6.23. The van der Waals surface area contributed by atoms with Crippen molar-refractivity contribution < 1.29 is 0 Å². The van der Waals surface area contributed by atoms with Crippen molar-refractivity contribution in [1.29, 1.82) is 0 Å². The largest absolute Gasteiger partial charge is 0.307 e. The van der Waals surface area contributed by atoms with Gasteiger partial charge in [-0.2, -0.15) is 9.97 Å². The minimum Gasteiger partial charge on any atom is -0.307 e. The van der Waals surface area contributed by atoms with E-state index in [0.29, 0.717) is 17.6 Å². The number of nitrogens with zero attached hydrogens (tertiary/aromatic N) is 5. The predicted octanol–water partition coefficient (Wildman–Crippen LogP) is 13.0. The zero-order valence-corrected chi connectivity index (χ0v) is 32.5. The molecule has 0 bridgehead atoms. The third kappa shape index (κ3) is 5.12. The Morgan fingerprint density at radius 1 is 0.421 bits per heavy atom. The highest BCUT2D eigenvalue weighted by Crippen LogP contribution is 2.52. The molecule has 3 heterocycles. The van der Waals surface area contributed by atoms with Gasteiger partial charge in [-0.15, -0.1) is 0 Å². The van der Waals surface area contributed by atoms with Crippen LogP contribution in [-0.4, -0.2) is 24.1 Å². The highest BCUT2D eigenvalue weighted by atomic mass is 15.2. The Morgan fingerprint density at radius 3 is 1.54 bits per heavy atom. The van der Waals surface area contributed by atoms with Crippen LogP contribution in [0.1, 0.15) is 45.2 Å². The van der Waals surface area contributed by atoms with Crippen molar-refractivity contribution in [2.75, 3.05) is 0 Å². The Kier molecular flexibility index (Phi) is 7.24. The van der Waals surface area contributed by atoms with Gasteiger partial charge in [0.25, 0.3) is 0 Å². The Bertz CT molecular complexity index is 3130. The number of hydrogen-bond donors (Lipinski definition) is 0. The number of benzene rings is 7. The van der Waals surface area contributed by atoms with Crippen LogP contribution in [0.4, 0.5) is 0 Å².